The summed E-state index contributed by atoms with van der Waals surface area (Å²) < 4.78 is 18.4. The summed E-state index contributed by atoms with van der Waals surface area (Å²) in [5, 5.41) is 9.28. The van der Waals surface area contributed by atoms with Crippen LogP contribution in [0.25, 0.3) is 17.3 Å². The molecule has 1 aliphatic heterocycles. The lowest BCUT2D eigenvalue weighted by atomic mass is 9.99. The normalized spacial score (nSPS) is 14.6. The van der Waals surface area contributed by atoms with E-state index in [0.29, 0.717) is 39.8 Å². The number of carbonyl (C=O) groups is 1. The van der Waals surface area contributed by atoms with Crippen LogP contribution < -0.4 is 9.47 Å². The number of furan rings is 1. The molecule has 164 valence electrons. The Morgan fingerprint density at radius 3 is 2.68 bits per heavy atom. The Morgan fingerprint density at radius 2 is 2.00 bits per heavy atom. The van der Waals surface area contributed by atoms with Crippen molar-refractivity contribution in [2.24, 2.45) is 5.92 Å². The van der Waals surface area contributed by atoms with Gasteiger partial charge in [-0.05, 0) is 43.0 Å². The highest BCUT2D eigenvalue weighted by molar-refractivity contribution is 7.99. The minimum atomic E-state index is 0.114. The number of aromatic nitrogens is 3. The maximum Gasteiger partial charge on any atom is 0.233 e. The Bertz CT molecular complexity index is 1030. The van der Waals surface area contributed by atoms with E-state index in [1.807, 2.05) is 33.7 Å². The molecule has 1 saturated heterocycles. The van der Waals surface area contributed by atoms with Crippen LogP contribution >= 0.6 is 11.8 Å². The lowest BCUT2D eigenvalue weighted by Gasteiger charge is -2.30. The number of methoxy groups -OCH3 is 2. The van der Waals surface area contributed by atoms with Crippen LogP contribution in [-0.2, 0) is 4.79 Å². The number of hydrogen-bond donors (Lipinski definition) is 0. The van der Waals surface area contributed by atoms with Gasteiger partial charge in [0.2, 0.25) is 11.7 Å². The van der Waals surface area contributed by atoms with Crippen molar-refractivity contribution in [1.82, 2.24) is 19.7 Å². The standard InChI is InChI=1S/C22H26N4O4S/c1-15-8-10-25(11-9-15)20(27)14-31-22-24-23-21(19-5-4-12-30-19)26(22)17-13-16(28-2)6-7-18(17)29-3/h4-7,12-13,15H,8-11,14H2,1-3H3. The molecule has 2 aromatic heterocycles. The topological polar surface area (TPSA) is 82.6 Å². The van der Waals surface area contributed by atoms with Crippen molar-refractivity contribution in [3.63, 3.8) is 0 Å². The highest BCUT2D eigenvalue weighted by Crippen LogP contribution is 2.35. The first-order valence-electron chi connectivity index (χ1n) is 10.2. The molecule has 0 N–H and O–H groups in total. The molecular formula is C22H26N4O4S. The zero-order valence-electron chi connectivity index (χ0n) is 17.9. The third-order valence-corrected chi connectivity index (χ3v) is 6.38. The molecule has 1 aromatic carbocycles. The van der Waals surface area contributed by atoms with Crippen molar-refractivity contribution >= 4 is 17.7 Å². The molecular weight excluding hydrogens is 416 g/mol. The number of amides is 1. The van der Waals surface area contributed by atoms with E-state index in [1.165, 1.54) is 11.8 Å². The highest BCUT2D eigenvalue weighted by atomic mass is 32.2. The van der Waals surface area contributed by atoms with Gasteiger partial charge in [0.25, 0.3) is 0 Å². The molecule has 1 fully saturated rings. The van der Waals surface area contributed by atoms with Crippen molar-refractivity contribution < 1.29 is 18.7 Å². The Balaban J connectivity index is 1.66. The van der Waals surface area contributed by atoms with Gasteiger partial charge in [-0.1, -0.05) is 18.7 Å². The lowest BCUT2D eigenvalue weighted by molar-refractivity contribution is -0.129. The molecule has 0 unspecified atom stereocenters. The van der Waals surface area contributed by atoms with E-state index in [2.05, 4.69) is 17.1 Å². The van der Waals surface area contributed by atoms with Crippen LogP contribution in [0, 0.1) is 5.92 Å². The number of likely N-dealkylation sites (tertiary alicyclic amines) is 1. The van der Waals surface area contributed by atoms with E-state index >= 15 is 0 Å². The Hall–Kier alpha value is -2.94. The zero-order chi connectivity index (χ0) is 21.8. The molecule has 0 atom stereocenters. The molecule has 1 amide bonds. The molecule has 8 nitrogen and oxygen atoms in total. The first-order chi connectivity index (χ1) is 15.1. The van der Waals surface area contributed by atoms with Crippen LogP contribution in [-0.4, -0.2) is 58.6 Å². The summed E-state index contributed by atoms with van der Waals surface area (Å²) in [5.41, 5.74) is 0.708. The minimum Gasteiger partial charge on any atom is -0.497 e. The van der Waals surface area contributed by atoms with Crippen LogP contribution in [0.1, 0.15) is 19.8 Å². The van der Waals surface area contributed by atoms with E-state index < -0.39 is 0 Å². The van der Waals surface area contributed by atoms with Crippen LogP contribution in [0.2, 0.25) is 0 Å². The van der Waals surface area contributed by atoms with Gasteiger partial charge in [-0.3, -0.25) is 9.36 Å². The fraction of sp³-hybridized carbons (Fsp3) is 0.409. The highest BCUT2D eigenvalue weighted by Gasteiger charge is 2.24. The summed E-state index contributed by atoms with van der Waals surface area (Å²) in [5.74, 6) is 3.48. The molecule has 0 aliphatic carbocycles. The first-order valence-corrected chi connectivity index (χ1v) is 11.2. The van der Waals surface area contributed by atoms with Crippen molar-refractivity contribution in [3.8, 4) is 28.8 Å². The Kier molecular flexibility index (Phi) is 6.50. The average molecular weight is 443 g/mol. The number of ether oxygens (including phenoxy) is 2. The first kappa shape index (κ1) is 21.3. The van der Waals surface area contributed by atoms with Gasteiger partial charge >= 0.3 is 0 Å². The van der Waals surface area contributed by atoms with Crippen LogP contribution in [0.4, 0.5) is 0 Å². The van der Waals surface area contributed by atoms with Gasteiger partial charge in [-0.2, -0.15) is 0 Å². The van der Waals surface area contributed by atoms with Crippen LogP contribution in [0.15, 0.2) is 46.2 Å². The molecule has 0 saturated carbocycles. The predicted molar refractivity (Wildman–Crippen MR) is 118 cm³/mol. The van der Waals surface area contributed by atoms with E-state index in [1.54, 1.807) is 26.5 Å². The summed E-state index contributed by atoms with van der Waals surface area (Å²) in [6, 6.07) is 9.13. The lowest BCUT2D eigenvalue weighted by Crippen LogP contribution is -2.38. The second kappa shape index (κ2) is 9.47. The van der Waals surface area contributed by atoms with Gasteiger partial charge in [-0.15, -0.1) is 10.2 Å². The van der Waals surface area contributed by atoms with E-state index in [-0.39, 0.29) is 11.7 Å². The minimum absolute atomic E-state index is 0.114. The third kappa shape index (κ3) is 4.56. The number of hydrogen-bond acceptors (Lipinski definition) is 7. The second-order valence-corrected chi connectivity index (χ2v) is 8.45. The molecule has 31 heavy (non-hydrogen) atoms. The van der Waals surface area contributed by atoms with Crippen LogP contribution in [0.3, 0.4) is 0 Å². The van der Waals surface area contributed by atoms with Crippen molar-refractivity contribution in [2.75, 3.05) is 33.1 Å². The third-order valence-electron chi connectivity index (χ3n) is 5.46. The fourth-order valence-electron chi connectivity index (χ4n) is 3.59. The molecule has 3 aromatic rings. The summed E-state index contributed by atoms with van der Waals surface area (Å²) in [4.78, 5) is 14.7. The molecule has 0 bridgehead atoms. The largest absolute Gasteiger partial charge is 0.497 e. The quantitative estimate of drug-likeness (QED) is 0.513. The van der Waals surface area contributed by atoms with E-state index in [0.717, 1.165) is 25.9 Å². The maximum absolute atomic E-state index is 12.8. The van der Waals surface area contributed by atoms with Gasteiger partial charge in [0, 0.05) is 19.2 Å². The number of piperidine rings is 1. The molecule has 1 aliphatic rings. The molecule has 9 heteroatoms. The van der Waals surface area contributed by atoms with E-state index in [9.17, 15) is 4.79 Å². The summed E-state index contributed by atoms with van der Waals surface area (Å²) in [6.45, 7) is 3.86. The predicted octanol–water partition coefficient (Wildman–Crippen LogP) is 3.90. The number of benzene rings is 1. The maximum atomic E-state index is 12.8. The fourth-order valence-corrected chi connectivity index (χ4v) is 4.44. The molecule has 3 heterocycles. The zero-order valence-corrected chi connectivity index (χ0v) is 18.7. The summed E-state index contributed by atoms with van der Waals surface area (Å²) in [7, 11) is 3.22. The van der Waals surface area contributed by atoms with Crippen LogP contribution in [0.5, 0.6) is 11.5 Å². The van der Waals surface area contributed by atoms with Gasteiger partial charge in [0.15, 0.2) is 10.9 Å². The Labute approximate surface area is 185 Å². The molecule has 4 rings (SSSR count). The SMILES string of the molecule is COc1ccc(OC)c(-n2c(SCC(=O)N3CCC(C)CC3)nnc2-c2ccco2)c1. The van der Waals surface area contributed by atoms with Crippen molar-refractivity contribution in [1.29, 1.82) is 0 Å². The van der Waals surface area contributed by atoms with Gasteiger partial charge in [0.1, 0.15) is 11.5 Å². The van der Waals surface area contributed by atoms with Gasteiger partial charge < -0.3 is 18.8 Å². The monoisotopic (exact) mass is 442 g/mol. The summed E-state index contributed by atoms with van der Waals surface area (Å²) in [6.07, 6.45) is 3.69. The number of carbonyl (C=O) groups excluding carboxylic acids is 1. The Morgan fingerprint density at radius 1 is 1.19 bits per heavy atom. The number of nitrogens with zero attached hydrogens (tertiary/aromatic N) is 4. The van der Waals surface area contributed by atoms with Crippen molar-refractivity contribution in [3.05, 3.63) is 36.6 Å². The smallest absolute Gasteiger partial charge is 0.233 e. The average Bonchev–Trinajstić information content (AvgIpc) is 3.47. The number of thioether (sulfide) groups is 1. The van der Waals surface area contributed by atoms with E-state index in [4.69, 9.17) is 13.9 Å². The molecule has 0 radical (unpaired) electrons. The van der Waals surface area contributed by atoms with Gasteiger partial charge in [-0.25, -0.2) is 0 Å². The van der Waals surface area contributed by atoms with Gasteiger partial charge in [0.05, 0.1) is 31.9 Å². The number of rotatable bonds is 7. The van der Waals surface area contributed by atoms with Crippen molar-refractivity contribution in [2.45, 2.75) is 24.9 Å². The molecule has 0 spiro atoms. The summed E-state index contributed by atoms with van der Waals surface area (Å²) >= 11 is 1.36. The second-order valence-electron chi connectivity index (χ2n) is 7.51.